The average molecular weight is 441 g/mol. The van der Waals surface area contributed by atoms with Crippen LogP contribution >= 0.6 is 0 Å². The molecule has 0 radical (unpaired) electrons. The lowest BCUT2D eigenvalue weighted by Gasteiger charge is -2.20. The number of ether oxygens (including phenoxy) is 1. The highest BCUT2D eigenvalue weighted by Gasteiger charge is 2.21. The van der Waals surface area contributed by atoms with Gasteiger partial charge < -0.3 is 10.1 Å². The van der Waals surface area contributed by atoms with Gasteiger partial charge in [-0.25, -0.2) is 4.98 Å². The van der Waals surface area contributed by atoms with Gasteiger partial charge in [-0.1, -0.05) is 87.5 Å². The molecule has 2 heterocycles. The molecule has 0 saturated carbocycles. The molecule has 0 bridgehead atoms. The Morgan fingerprint density at radius 2 is 1.79 bits per heavy atom. The van der Waals surface area contributed by atoms with Crippen molar-refractivity contribution in [3.05, 3.63) is 101 Å². The van der Waals surface area contributed by atoms with Crippen LogP contribution in [-0.4, -0.2) is 24.0 Å². The summed E-state index contributed by atoms with van der Waals surface area (Å²) in [5.74, 6) is 0.728. The minimum Gasteiger partial charge on any atom is -0.481 e. The highest BCUT2D eigenvalue weighted by Crippen LogP contribution is 2.30. The topological polar surface area (TPSA) is 51.2 Å². The molecule has 4 rings (SSSR count). The molecule has 1 aliphatic heterocycles. The van der Waals surface area contributed by atoms with E-state index in [1.54, 1.807) is 7.11 Å². The van der Waals surface area contributed by atoms with Crippen LogP contribution in [0.3, 0.4) is 0 Å². The number of nitrogens with zero attached hydrogens (tertiary/aromatic N) is 1. The first-order valence-corrected chi connectivity index (χ1v) is 11.5. The molecule has 170 valence electrons. The molecule has 1 N–H and O–H groups in total. The maximum absolute atomic E-state index is 11.8. The summed E-state index contributed by atoms with van der Waals surface area (Å²) in [6, 6.07) is 23.1. The molecule has 0 unspecified atom stereocenters. The van der Waals surface area contributed by atoms with Crippen LogP contribution < -0.4 is 10.1 Å². The monoisotopic (exact) mass is 440 g/mol. The van der Waals surface area contributed by atoms with Gasteiger partial charge in [-0.15, -0.1) is 0 Å². The SMILES string of the molecule is COc1nc(C(=C[C@H]2CCC(=O)N2)c2ccc(C(C)(C)C)cc2)ccc1Cc1ccccc1. The van der Waals surface area contributed by atoms with Crippen LogP contribution in [0.2, 0.25) is 0 Å². The highest BCUT2D eigenvalue weighted by molar-refractivity contribution is 5.82. The average Bonchev–Trinajstić information content (AvgIpc) is 3.23. The Balaban J connectivity index is 1.72. The Kier molecular flexibility index (Phi) is 6.64. The second-order valence-electron chi connectivity index (χ2n) is 9.65. The summed E-state index contributed by atoms with van der Waals surface area (Å²) in [6.45, 7) is 6.64. The van der Waals surface area contributed by atoms with Gasteiger partial charge in [0.2, 0.25) is 11.8 Å². The maximum Gasteiger partial charge on any atom is 0.220 e. The number of pyridine rings is 1. The molecule has 1 aliphatic rings. The summed E-state index contributed by atoms with van der Waals surface area (Å²) < 4.78 is 5.69. The minimum absolute atomic E-state index is 0.00610. The van der Waals surface area contributed by atoms with Crippen molar-refractivity contribution < 1.29 is 9.53 Å². The van der Waals surface area contributed by atoms with Crippen molar-refractivity contribution in [1.29, 1.82) is 0 Å². The Morgan fingerprint density at radius 1 is 1.06 bits per heavy atom. The number of benzene rings is 2. The Labute approximate surface area is 196 Å². The fourth-order valence-electron chi connectivity index (χ4n) is 4.19. The van der Waals surface area contributed by atoms with Gasteiger partial charge in [-0.05, 0) is 34.6 Å². The van der Waals surface area contributed by atoms with E-state index in [9.17, 15) is 4.79 Å². The molecule has 0 spiro atoms. The molecule has 1 atom stereocenters. The highest BCUT2D eigenvalue weighted by atomic mass is 16.5. The smallest absolute Gasteiger partial charge is 0.220 e. The predicted octanol–water partition coefficient (Wildman–Crippen LogP) is 5.69. The number of carbonyl (C=O) groups is 1. The molecular formula is C29H32N2O2. The normalized spacial score (nSPS) is 16.5. The third kappa shape index (κ3) is 5.51. The number of hydrogen-bond donors (Lipinski definition) is 1. The molecule has 0 aliphatic carbocycles. The molecule has 1 fully saturated rings. The Hall–Kier alpha value is -3.40. The third-order valence-corrected chi connectivity index (χ3v) is 6.10. The first-order valence-electron chi connectivity index (χ1n) is 11.5. The lowest BCUT2D eigenvalue weighted by atomic mass is 9.86. The largest absolute Gasteiger partial charge is 0.481 e. The van der Waals surface area contributed by atoms with Crippen molar-refractivity contribution >= 4 is 11.5 Å². The van der Waals surface area contributed by atoms with Crippen molar-refractivity contribution in [2.24, 2.45) is 0 Å². The first kappa shape index (κ1) is 22.8. The van der Waals surface area contributed by atoms with Crippen LogP contribution in [0.25, 0.3) is 5.57 Å². The fourth-order valence-corrected chi connectivity index (χ4v) is 4.19. The van der Waals surface area contributed by atoms with Crippen molar-refractivity contribution in [1.82, 2.24) is 10.3 Å². The van der Waals surface area contributed by atoms with Crippen molar-refractivity contribution in [2.45, 2.75) is 51.5 Å². The summed E-state index contributed by atoms with van der Waals surface area (Å²) in [4.78, 5) is 16.7. The van der Waals surface area contributed by atoms with Crippen LogP contribution in [0.4, 0.5) is 0 Å². The molecule has 2 aromatic carbocycles. The van der Waals surface area contributed by atoms with Crippen LogP contribution in [-0.2, 0) is 16.6 Å². The fraction of sp³-hybridized carbons (Fsp3) is 0.310. The number of amides is 1. The molecule has 1 aromatic heterocycles. The molecule has 1 saturated heterocycles. The van der Waals surface area contributed by atoms with E-state index >= 15 is 0 Å². The van der Waals surface area contributed by atoms with Gasteiger partial charge in [0.1, 0.15) is 0 Å². The van der Waals surface area contributed by atoms with Gasteiger partial charge >= 0.3 is 0 Å². The summed E-state index contributed by atoms with van der Waals surface area (Å²) in [6.07, 6.45) is 4.25. The van der Waals surface area contributed by atoms with Crippen molar-refractivity contribution in [2.75, 3.05) is 7.11 Å². The van der Waals surface area contributed by atoms with Gasteiger partial charge in [0.25, 0.3) is 0 Å². The van der Waals surface area contributed by atoms with Gasteiger partial charge in [0, 0.05) is 30.0 Å². The number of methoxy groups -OCH3 is 1. The van der Waals surface area contributed by atoms with Gasteiger partial charge in [0.05, 0.1) is 12.8 Å². The van der Waals surface area contributed by atoms with E-state index in [1.807, 2.05) is 18.2 Å². The lowest BCUT2D eigenvalue weighted by molar-refractivity contribution is -0.119. The van der Waals surface area contributed by atoms with Crippen molar-refractivity contribution in [3.8, 4) is 5.88 Å². The van der Waals surface area contributed by atoms with E-state index in [4.69, 9.17) is 9.72 Å². The summed E-state index contributed by atoms with van der Waals surface area (Å²) in [5, 5.41) is 3.06. The Morgan fingerprint density at radius 3 is 2.39 bits per heavy atom. The molecule has 4 heteroatoms. The summed E-state index contributed by atoms with van der Waals surface area (Å²) >= 11 is 0. The Bertz CT molecular complexity index is 1140. The van der Waals surface area contributed by atoms with Gasteiger partial charge in [-0.2, -0.15) is 0 Å². The third-order valence-electron chi connectivity index (χ3n) is 6.10. The number of rotatable bonds is 6. The van der Waals surface area contributed by atoms with Crippen LogP contribution in [0.5, 0.6) is 5.88 Å². The maximum atomic E-state index is 11.8. The number of aromatic nitrogens is 1. The van der Waals surface area contributed by atoms with E-state index in [0.717, 1.165) is 35.2 Å². The number of hydrogen-bond acceptors (Lipinski definition) is 3. The van der Waals surface area contributed by atoms with E-state index in [-0.39, 0.29) is 17.4 Å². The lowest BCUT2D eigenvalue weighted by Crippen LogP contribution is -2.23. The van der Waals surface area contributed by atoms with E-state index in [2.05, 4.69) is 80.7 Å². The first-order chi connectivity index (χ1) is 15.8. The zero-order valence-electron chi connectivity index (χ0n) is 19.9. The minimum atomic E-state index is 0.00610. The number of carbonyl (C=O) groups excluding carboxylic acids is 1. The molecule has 3 aromatic rings. The standard InChI is InChI=1S/C29H32N2O2/c1-29(2,3)23-13-10-21(11-14-23)25(19-24-15-17-27(32)30-24)26-16-12-22(28(31-26)33-4)18-20-8-6-5-7-9-20/h5-14,16,19,24H,15,17-18H2,1-4H3,(H,30,32)/t24-/m1/s1. The van der Waals surface area contributed by atoms with E-state index in [1.165, 1.54) is 11.1 Å². The van der Waals surface area contributed by atoms with Crippen LogP contribution in [0.1, 0.15) is 61.6 Å². The molecule has 4 nitrogen and oxygen atoms in total. The molecule has 33 heavy (non-hydrogen) atoms. The second-order valence-corrected chi connectivity index (χ2v) is 9.65. The zero-order valence-corrected chi connectivity index (χ0v) is 19.9. The molecule has 1 amide bonds. The molecular weight excluding hydrogens is 408 g/mol. The van der Waals surface area contributed by atoms with Gasteiger partial charge in [-0.3, -0.25) is 4.79 Å². The quantitative estimate of drug-likeness (QED) is 0.536. The van der Waals surface area contributed by atoms with Gasteiger partial charge in [0.15, 0.2) is 0 Å². The summed E-state index contributed by atoms with van der Waals surface area (Å²) in [5.41, 5.74) is 6.55. The predicted molar refractivity (Wildman–Crippen MR) is 133 cm³/mol. The summed E-state index contributed by atoms with van der Waals surface area (Å²) in [7, 11) is 1.67. The number of nitrogens with one attached hydrogen (secondary N) is 1. The zero-order chi connectivity index (χ0) is 23.4. The van der Waals surface area contributed by atoms with Crippen LogP contribution in [0.15, 0.2) is 72.8 Å². The second kappa shape index (κ2) is 9.62. The van der Waals surface area contributed by atoms with E-state index < -0.39 is 0 Å². The van der Waals surface area contributed by atoms with Crippen LogP contribution in [0, 0.1) is 0 Å². The van der Waals surface area contributed by atoms with Crippen molar-refractivity contribution in [3.63, 3.8) is 0 Å². The van der Waals surface area contributed by atoms with E-state index in [0.29, 0.717) is 12.3 Å².